The molecule has 0 saturated heterocycles. The summed E-state index contributed by atoms with van der Waals surface area (Å²) >= 11 is 0. The van der Waals surface area contributed by atoms with Crippen molar-refractivity contribution in [3.05, 3.63) is 41.2 Å². The van der Waals surface area contributed by atoms with E-state index in [4.69, 9.17) is 5.84 Å². The number of likely N-dealkylation sites (N-methyl/N-ethyl adjacent to an activating group) is 1. The molecule has 3 N–H and O–H groups in total. The summed E-state index contributed by atoms with van der Waals surface area (Å²) in [4.78, 5) is 13.1. The molecule has 0 spiro atoms. The van der Waals surface area contributed by atoms with Crippen LogP contribution in [0.4, 0.5) is 0 Å². The van der Waals surface area contributed by atoms with E-state index in [1.165, 1.54) is 0 Å². The summed E-state index contributed by atoms with van der Waals surface area (Å²) in [5.74, 6) is 12.5. The molecule has 0 fully saturated rings. The molecule has 138 valence electrons. The first-order valence-electron chi connectivity index (χ1n) is 8.86. The Kier molecular flexibility index (Phi) is 10.1. The first-order chi connectivity index (χ1) is 12.7. The molecule has 0 radical (unpaired) electrons. The number of nitrogens with one attached hydrogen (secondary N) is 1. The zero-order valence-electron chi connectivity index (χ0n) is 16.1. The highest BCUT2D eigenvalue weighted by molar-refractivity contribution is 6.37. The second kappa shape index (κ2) is 12.4. The first kappa shape index (κ1) is 21.1. The summed E-state index contributed by atoms with van der Waals surface area (Å²) in [5.41, 5.74) is 3.21. The van der Waals surface area contributed by atoms with Crippen molar-refractivity contribution < 1.29 is 0 Å². The third kappa shape index (κ3) is 6.89. The Morgan fingerprint density at radius 2 is 2.15 bits per heavy atom. The van der Waals surface area contributed by atoms with Crippen LogP contribution in [0.1, 0.15) is 44.5 Å². The lowest BCUT2D eigenvalue weighted by Crippen LogP contribution is -2.20. The maximum atomic E-state index is 5.49. The molecule has 0 bridgehead atoms. The molecule has 0 aliphatic carbocycles. The molecule has 6 heteroatoms. The zero-order valence-corrected chi connectivity index (χ0v) is 16.1. The lowest BCUT2D eigenvalue weighted by molar-refractivity contribution is 0.962. The van der Waals surface area contributed by atoms with E-state index in [1.807, 2.05) is 39.0 Å². The fraction of sp³-hybridized carbons (Fsp3) is 0.400. The Morgan fingerprint density at radius 3 is 2.77 bits per heavy atom. The van der Waals surface area contributed by atoms with Crippen LogP contribution >= 0.6 is 0 Å². The van der Waals surface area contributed by atoms with Crippen molar-refractivity contribution in [3.8, 4) is 11.8 Å². The number of nitrogens with zero attached hydrogens (tertiary/aromatic N) is 4. The lowest BCUT2D eigenvalue weighted by atomic mass is 10.1. The molecular formula is C20H28N6. The van der Waals surface area contributed by atoms with Crippen molar-refractivity contribution in [1.82, 2.24) is 10.3 Å². The zero-order chi connectivity index (χ0) is 19.2. The SMILES string of the molecule is C/C=C\C(=NCC#Cc1cnc(/C(C=NCC)=N/N)c(CC)c1)NCC. The standard InChI is InChI=1S/C20H28N6/c1-5-10-19(23-8-4)24-12-9-11-16-13-17(6-2)20(25-14-16)18(26-21)15-22-7-3/h5,10,13-15H,6-8,12,21H2,1-4H3,(H,23,24)/b10-5-,22-15?,26-18+. The molecule has 0 aliphatic rings. The molecule has 0 saturated carbocycles. The van der Waals surface area contributed by atoms with Gasteiger partial charge in [-0.25, -0.2) is 0 Å². The van der Waals surface area contributed by atoms with Gasteiger partial charge in [-0.3, -0.25) is 15.0 Å². The number of rotatable bonds is 7. The van der Waals surface area contributed by atoms with Gasteiger partial charge in [0.25, 0.3) is 0 Å². The van der Waals surface area contributed by atoms with Crippen molar-refractivity contribution in [2.24, 2.45) is 20.9 Å². The maximum absolute atomic E-state index is 5.49. The number of aromatic nitrogens is 1. The molecule has 26 heavy (non-hydrogen) atoms. The Bertz CT molecular complexity index is 747. The van der Waals surface area contributed by atoms with Gasteiger partial charge in [-0.1, -0.05) is 24.8 Å². The van der Waals surface area contributed by atoms with Crippen LogP contribution in [-0.2, 0) is 6.42 Å². The van der Waals surface area contributed by atoms with Gasteiger partial charge in [-0.05, 0) is 44.9 Å². The molecule has 0 aliphatic heterocycles. The van der Waals surface area contributed by atoms with Crippen LogP contribution in [0.3, 0.4) is 0 Å². The summed E-state index contributed by atoms with van der Waals surface area (Å²) in [7, 11) is 0. The van der Waals surface area contributed by atoms with E-state index in [0.717, 1.165) is 35.6 Å². The van der Waals surface area contributed by atoms with Gasteiger partial charge in [0, 0.05) is 24.8 Å². The van der Waals surface area contributed by atoms with E-state index >= 15 is 0 Å². The summed E-state index contributed by atoms with van der Waals surface area (Å²) in [6.07, 6.45) is 8.07. The number of allylic oxidation sites excluding steroid dienone is 1. The number of hydrogen-bond acceptors (Lipinski definition) is 5. The minimum Gasteiger partial charge on any atom is -0.371 e. The molecule has 1 rings (SSSR count). The van der Waals surface area contributed by atoms with Gasteiger partial charge in [0.1, 0.15) is 18.1 Å². The highest BCUT2D eigenvalue weighted by Crippen LogP contribution is 2.10. The smallest absolute Gasteiger partial charge is 0.126 e. The van der Waals surface area contributed by atoms with Crippen molar-refractivity contribution in [1.29, 1.82) is 0 Å². The van der Waals surface area contributed by atoms with Gasteiger partial charge in [0.15, 0.2) is 0 Å². The summed E-state index contributed by atoms with van der Waals surface area (Å²) in [5, 5.41) is 6.99. The summed E-state index contributed by atoms with van der Waals surface area (Å²) < 4.78 is 0. The average molecular weight is 352 g/mol. The van der Waals surface area contributed by atoms with Crippen LogP contribution in [0.2, 0.25) is 0 Å². The Balaban J connectivity index is 2.98. The molecule has 1 aromatic heterocycles. The van der Waals surface area contributed by atoms with Crippen LogP contribution < -0.4 is 11.2 Å². The van der Waals surface area contributed by atoms with Crippen molar-refractivity contribution in [2.45, 2.75) is 34.1 Å². The van der Waals surface area contributed by atoms with Gasteiger partial charge in [-0.15, -0.1) is 0 Å². The average Bonchev–Trinajstić information content (AvgIpc) is 2.66. The monoisotopic (exact) mass is 352 g/mol. The van der Waals surface area contributed by atoms with Gasteiger partial charge in [0.2, 0.25) is 0 Å². The number of amidine groups is 1. The van der Waals surface area contributed by atoms with E-state index in [1.54, 1.807) is 12.4 Å². The van der Waals surface area contributed by atoms with Crippen LogP contribution in [0.15, 0.2) is 39.5 Å². The molecule has 0 atom stereocenters. The summed E-state index contributed by atoms with van der Waals surface area (Å²) in [6, 6.07) is 2.02. The van der Waals surface area contributed by atoms with Gasteiger partial charge in [0.05, 0.1) is 11.9 Å². The lowest BCUT2D eigenvalue weighted by Gasteiger charge is -2.06. The molecule has 1 heterocycles. The van der Waals surface area contributed by atoms with E-state index in [-0.39, 0.29) is 0 Å². The third-order valence-corrected chi connectivity index (χ3v) is 3.37. The second-order valence-electron chi connectivity index (χ2n) is 5.26. The van der Waals surface area contributed by atoms with E-state index in [0.29, 0.717) is 18.8 Å². The van der Waals surface area contributed by atoms with E-state index < -0.39 is 0 Å². The predicted octanol–water partition coefficient (Wildman–Crippen LogP) is 2.33. The largest absolute Gasteiger partial charge is 0.371 e. The van der Waals surface area contributed by atoms with Gasteiger partial charge in [-0.2, -0.15) is 5.10 Å². The van der Waals surface area contributed by atoms with Gasteiger partial charge < -0.3 is 11.2 Å². The van der Waals surface area contributed by atoms with Crippen LogP contribution in [-0.4, -0.2) is 42.4 Å². The maximum Gasteiger partial charge on any atom is 0.126 e. The highest BCUT2D eigenvalue weighted by atomic mass is 15.1. The van der Waals surface area contributed by atoms with Gasteiger partial charge >= 0.3 is 0 Å². The molecular weight excluding hydrogens is 324 g/mol. The second-order valence-corrected chi connectivity index (χ2v) is 5.26. The fourth-order valence-corrected chi connectivity index (χ4v) is 2.19. The normalized spacial score (nSPS) is 12.5. The number of hydrazone groups is 1. The molecule has 0 aromatic carbocycles. The van der Waals surface area contributed by atoms with Crippen molar-refractivity contribution in [2.75, 3.05) is 19.6 Å². The Morgan fingerprint density at radius 1 is 1.35 bits per heavy atom. The van der Waals surface area contributed by atoms with Crippen LogP contribution in [0, 0.1) is 11.8 Å². The number of hydrogen-bond donors (Lipinski definition) is 2. The summed E-state index contributed by atoms with van der Waals surface area (Å²) in [6.45, 7) is 9.94. The third-order valence-electron chi connectivity index (χ3n) is 3.37. The molecule has 0 unspecified atom stereocenters. The molecule has 6 nitrogen and oxygen atoms in total. The first-order valence-corrected chi connectivity index (χ1v) is 8.86. The number of pyridine rings is 1. The Labute approximate surface area is 156 Å². The minimum atomic E-state index is 0.425. The Hall–Kier alpha value is -2.94. The quantitative estimate of drug-likeness (QED) is 0.259. The van der Waals surface area contributed by atoms with Crippen LogP contribution in [0.25, 0.3) is 0 Å². The topological polar surface area (TPSA) is 88.0 Å². The van der Waals surface area contributed by atoms with E-state index in [9.17, 15) is 0 Å². The van der Waals surface area contributed by atoms with Crippen molar-refractivity contribution in [3.63, 3.8) is 0 Å². The highest BCUT2D eigenvalue weighted by Gasteiger charge is 2.09. The van der Waals surface area contributed by atoms with Crippen molar-refractivity contribution >= 4 is 17.8 Å². The number of aryl methyl sites for hydroxylation is 1. The fourth-order valence-electron chi connectivity index (χ4n) is 2.19. The number of nitrogens with two attached hydrogens (primary N) is 1. The van der Waals surface area contributed by atoms with Crippen LogP contribution in [0.5, 0.6) is 0 Å². The minimum absolute atomic E-state index is 0.425. The molecule has 0 amide bonds. The van der Waals surface area contributed by atoms with E-state index in [2.05, 4.69) is 44.2 Å². The molecule has 1 aromatic rings. The number of aliphatic imine (C=N–C) groups is 2. The predicted molar refractivity (Wildman–Crippen MR) is 111 cm³/mol.